The average Bonchev–Trinajstić information content (AvgIpc) is 3.20. The minimum absolute atomic E-state index is 0.227. The number of carbonyl (C=O) groups is 1. The van der Waals surface area contributed by atoms with Gasteiger partial charge in [0.1, 0.15) is 11.6 Å². The van der Waals surface area contributed by atoms with Crippen molar-refractivity contribution in [2.75, 3.05) is 18.4 Å². The molecule has 0 aliphatic heterocycles. The van der Waals surface area contributed by atoms with Gasteiger partial charge < -0.3 is 19.9 Å². The van der Waals surface area contributed by atoms with Gasteiger partial charge >= 0.3 is 6.36 Å². The quantitative estimate of drug-likeness (QED) is 0.605. The molecule has 0 atom stereocenters. The summed E-state index contributed by atoms with van der Waals surface area (Å²) >= 11 is 0. The van der Waals surface area contributed by atoms with E-state index in [1.165, 1.54) is 12.1 Å². The molecule has 0 aliphatic rings. The highest BCUT2D eigenvalue weighted by molar-refractivity contribution is 5.94. The van der Waals surface area contributed by atoms with Crippen LogP contribution in [0.4, 0.5) is 19.0 Å². The van der Waals surface area contributed by atoms with E-state index in [0.29, 0.717) is 24.7 Å². The van der Waals surface area contributed by atoms with E-state index in [2.05, 4.69) is 25.6 Å². The summed E-state index contributed by atoms with van der Waals surface area (Å²) in [5.74, 6) is 0.447. The molecule has 0 saturated carbocycles. The van der Waals surface area contributed by atoms with Crippen LogP contribution >= 0.6 is 0 Å². The molecule has 0 saturated heterocycles. The van der Waals surface area contributed by atoms with Crippen LogP contribution in [0.3, 0.4) is 0 Å². The number of nitrogens with one attached hydrogen (secondary N) is 2. The number of benzene rings is 1. The number of halogens is 3. The van der Waals surface area contributed by atoms with Crippen molar-refractivity contribution in [1.29, 1.82) is 0 Å². The first-order valence-corrected chi connectivity index (χ1v) is 8.26. The minimum Gasteiger partial charge on any atom is -0.406 e. The van der Waals surface area contributed by atoms with E-state index >= 15 is 0 Å². The largest absolute Gasteiger partial charge is 0.573 e. The Morgan fingerprint density at radius 2 is 1.71 bits per heavy atom. The molecule has 3 aromatic rings. The number of rotatable bonds is 7. The molecule has 0 bridgehead atoms. The molecule has 2 N–H and O–H groups in total. The normalized spacial score (nSPS) is 11.1. The predicted molar refractivity (Wildman–Crippen MR) is 95.3 cm³/mol. The van der Waals surface area contributed by atoms with Crippen molar-refractivity contribution in [2.45, 2.75) is 6.36 Å². The number of alkyl halides is 3. The third kappa shape index (κ3) is 5.47. The highest BCUT2D eigenvalue weighted by atomic mass is 19.4. The monoisotopic (exact) mass is 391 g/mol. The highest BCUT2D eigenvalue weighted by Crippen LogP contribution is 2.22. The number of anilines is 1. The summed E-state index contributed by atoms with van der Waals surface area (Å²) in [6.07, 6.45) is -1.05. The Kier molecular flexibility index (Phi) is 5.78. The predicted octanol–water partition coefficient (Wildman–Crippen LogP) is 3.01. The number of hydrogen-bond acceptors (Lipinski definition) is 5. The summed E-state index contributed by atoms with van der Waals surface area (Å²) in [5, 5.41) is 13.8. The van der Waals surface area contributed by atoms with Gasteiger partial charge in [-0.1, -0.05) is 0 Å². The van der Waals surface area contributed by atoms with Gasteiger partial charge in [0, 0.05) is 31.0 Å². The van der Waals surface area contributed by atoms with Crippen LogP contribution in [0.5, 0.6) is 5.75 Å². The number of hydrogen-bond donors (Lipinski definition) is 2. The van der Waals surface area contributed by atoms with Gasteiger partial charge in [-0.3, -0.25) is 4.79 Å². The summed E-state index contributed by atoms with van der Waals surface area (Å²) in [7, 11) is 0. The molecule has 1 amide bonds. The topological polar surface area (TPSA) is 81.1 Å². The van der Waals surface area contributed by atoms with Crippen molar-refractivity contribution in [2.24, 2.45) is 0 Å². The molecule has 10 heteroatoms. The zero-order valence-electron chi connectivity index (χ0n) is 14.5. The van der Waals surface area contributed by atoms with E-state index in [9.17, 15) is 18.0 Å². The lowest BCUT2D eigenvalue weighted by Crippen LogP contribution is -2.29. The van der Waals surface area contributed by atoms with E-state index in [1.807, 2.05) is 29.1 Å². The van der Waals surface area contributed by atoms with Crippen LogP contribution in [0, 0.1) is 0 Å². The Balaban J connectivity index is 1.43. The number of nitrogens with zero attached hydrogens (tertiary/aromatic N) is 3. The molecule has 28 heavy (non-hydrogen) atoms. The smallest absolute Gasteiger partial charge is 0.406 e. The molecule has 0 unspecified atom stereocenters. The number of aromatic nitrogens is 3. The summed E-state index contributed by atoms with van der Waals surface area (Å²) in [4.78, 5) is 12.0. The van der Waals surface area contributed by atoms with Crippen molar-refractivity contribution >= 4 is 11.7 Å². The molecule has 0 radical (unpaired) electrons. The Morgan fingerprint density at radius 1 is 1.00 bits per heavy atom. The van der Waals surface area contributed by atoms with Gasteiger partial charge in [0.15, 0.2) is 5.82 Å². The van der Waals surface area contributed by atoms with Gasteiger partial charge in [-0.25, -0.2) is 0 Å². The molecular weight excluding hydrogens is 375 g/mol. The SMILES string of the molecule is O=C(NCCNc1ccc(-n2cccc2)nn1)c1ccc(OC(F)(F)F)cc1. The van der Waals surface area contributed by atoms with E-state index < -0.39 is 12.3 Å². The van der Waals surface area contributed by atoms with Crippen molar-refractivity contribution in [1.82, 2.24) is 20.1 Å². The molecule has 2 heterocycles. The molecular formula is C18H16F3N5O2. The van der Waals surface area contributed by atoms with Crippen LogP contribution in [-0.4, -0.2) is 40.1 Å². The van der Waals surface area contributed by atoms with Gasteiger partial charge in [-0.15, -0.1) is 23.4 Å². The average molecular weight is 391 g/mol. The Labute approximate surface area is 158 Å². The van der Waals surface area contributed by atoms with E-state index in [1.54, 1.807) is 12.1 Å². The third-order valence-corrected chi connectivity index (χ3v) is 3.59. The van der Waals surface area contributed by atoms with Crippen molar-refractivity contribution < 1.29 is 22.7 Å². The number of carbonyl (C=O) groups excluding carboxylic acids is 1. The molecule has 146 valence electrons. The first kappa shape index (κ1) is 19.2. The van der Waals surface area contributed by atoms with Crippen LogP contribution in [0.2, 0.25) is 0 Å². The molecule has 3 rings (SSSR count). The molecule has 1 aromatic carbocycles. The highest BCUT2D eigenvalue weighted by Gasteiger charge is 2.31. The van der Waals surface area contributed by atoms with Crippen molar-refractivity contribution in [3.8, 4) is 11.6 Å². The summed E-state index contributed by atoms with van der Waals surface area (Å²) in [5.41, 5.74) is 0.227. The van der Waals surface area contributed by atoms with Crippen LogP contribution < -0.4 is 15.4 Å². The lowest BCUT2D eigenvalue weighted by atomic mass is 10.2. The molecule has 0 fully saturated rings. The van der Waals surface area contributed by atoms with Gasteiger partial charge in [0.25, 0.3) is 5.91 Å². The first-order valence-electron chi connectivity index (χ1n) is 8.26. The Bertz CT molecular complexity index is 894. The van der Waals surface area contributed by atoms with Crippen LogP contribution in [0.1, 0.15) is 10.4 Å². The Morgan fingerprint density at radius 3 is 2.32 bits per heavy atom. The van der Waals surface area contributed by atoms with E-state index in [-0.39, 0.29) is 11.3 Å². The maximum absolute atomic E-state index is 12.1. The maximum Gasteiger partial charge on any atom is 0.573 e. The second kappa shape index (κ2) is 8.42. The molecule has 0 aliphatic carbocycles. The fraction of sp³-hybridized carbons (Fsp3) is 0.167. The fourth-order valence-electron chi connectivity index (χ4n) is 2.32. The second-order valence-corrected chi connectivity index (χ2v) is 5.62. The van der Waals surface area contributed by atoms with Crippen molar-refractivity contribution in [3.05, 3.63) is 66.5 Å². The van der Waals surface area contributed by atoms with Gasteiger partial charge in [-0.05, 0) is 48.5 Å². The van der Waals surface area contributed by atoms with Gasteiger partial charge in [0.2, 0.25) is 0 Å². The first-order chi connectivity index (χ1) is 13.4. The summed E-state index contributed by atoms with van der Waals surface area (Å²) in [6, 6.07) is 12.0. The standard InChI is InChI=1S/C18H16F3N5O2/c19-18(20,21)28-14-5-3-13(4-6-14)17(27)23-10-9-22-15-7-8-16(25-24-15)26-11-1-2-12-26/h1-8,11-12H,9-10H2,(H,22,24)(H,23,27). The summed E-state index contributed by atoms with van der Waals surface area (Å²) < 4.78 is 41.9. The number of ether oxygens (including phenoxy) is 1. The molecule has 0 spiro atoms. The molecule has 2 aromatic heterocycles. The fourth-order valence-corrected chi connectivity index (χ4v) is 2.32. The lowest BCUT2D eigenvalue weighted by Gasteiger charge is -2.10. The lowest BCUT2D eigenvalue weighted by molar-refractivity contribution is -0.274. The van der Waals surface area contributed by atoms with Crippen LogP contribution in [0.15, 0.2) is 60.9 Å². The van der Waals surface area contributed by atoms with Gasteiger partial charge in [0.05, 0.1) is 0 Å². The zero-order chi connectivity index (χ0) is 20.0. The van der Waals surface area contributed by atoms with E-state index in [4.69, 9.17) is 0 Å². The van der Waals surface area contributed by atoms with E-state index in [0.717, 1.165) is 12.1 Å². The van der Waals surface area contributed by atoms with Gasteiger partial charge in [-0.2, -0.15) is 0 Å². The molecule has 7 nitrogen and oxygen atoms in total. The third-order valence-electron chi connectivity index (χ3n) is 3.59. The summed E-state index contributed by atoms with van der Waals surface area (Å²) in [6.45, 7) is 0.694. The minimum atomic E-state index is -4.77. The maximum atomic E-state index is 12.1. The second-order valence-electron chi connectivity index (χ2n) is 5.62. The number of amides is 1. The van der Waals surface area contributed by atoms with Crippen LogP contribution in [0.25, 0.3) is 5.82 Å². The Hall–Kier alpha value is -3.56. The van der Waals surface area contributed by atoms with Crippen LogP contribution in [-0.2, 0) is 0 Å². The van der Waals surface area contributed by atoms with Crippen molar-refractivity contribution in [3.63, 3.8) is 0 Å². The zero-order valence-corrected chi connectivity index (χ0v) is 14.5.